The van der Waals surface area contributed by atoms with Gasteiger partial charge >= 0.3 is 0 Å². The first-order valence-electron chi connectivity index (χ1n) is 6.01. The molecule has 0 fully saturated rings. The molecule has 0 aliphatic rings. The first-order valence-corrected chi connectivity index (χ1v) is 8.78. The summed E-state index contributed by atoms with van der Waals surface area (Å²) in [4.78, 5) is 11.8. The summed E-state index contributed by atoms with van der Waals surface area (Å²) in [6, 6.07) is 7.34. The molecule has 22 heavy (non-hydrogen) atoms. The Bertz CT molecular complexity index is 799. The van der Waals surface area contributed by atoms with Crippen LogP contribution in [0, 0.1) is 0 Å². The maximum absolute atomic E-state index is 12.0. The maximum atomic E-state index is 12.0. The van der Waals surface area contributed by atoms with E-state index >= 15 is 0 Å². The Morgan fingerprint density at radius 2 is 2.05 bits per heavy atom. The molecule has 118 valence electrons. The lowest BCUT2D eigenvalue weighted by Gasteiger charge is -2.09. The van der Waals surface area contributed by atoms with Gasteiger partial charge in [-0.2, -0.15) is 0 Å². The van der Waals surface area contributed by atoms with E-state index in [1.807, 2.05) is 6.26 Å². The van der Waals surface area contributed by atoms with Crippen LogP contribution in [0.5, 0.6) is 5.75 Å². The molecule has 0 bridgehead atoms. The van der Waals surface area contributed by atoms with E-state index in [1.54, 1.807) is 6.07 Å². The zero-order valence-corrected chi connectivity index (χ0v) is 13.5. The summed E-state index contributed by atoms with van der Waals surface area (Å²) in [6.45, 7) is 0. The van der Waals surface area contributed by atoms with Gasteiger partial charge in [0.15, 0.2) is 10.9 Å². The topological polar surface area (TPSA) is 112 Å². The number of benzene rings is 1. The number of carbonyl (C=O) groups is 1. The third-order valence-electron chi connectivity index (χ3n) is 2.73. The summed E-state index contributed by atoms with van der Waals surface area (Å²) in [5.74, 6) is -0.272. The molecule has 1 heterocycles. The van der Waals surface area contributed by atoms with Gasteiger partial charge in [0.1, 0.15) is 10.6 Å². The number of furan rings is 1. The molecule has 0 saturated carbocycles. The van der Waals surface area contributed by atoms with Crippen molar-refractivity contribution in [3.8, 4) is 5.75 Å². The fourth-order valence-electron chi connectivity index (χ4n) is 1.72. The fourth-order valence-corrected chi connectivity index (χ4v) is 2.82. The molecule has 0 radical (unpaired) electrons. The second kappa shape index (κ2) is 6.42. The van der Waals surface area contributed by atoms with Gasteiger partial charge < -0.3 is 14.5 Å². The second-order valence-corrected chi connectivity index (χ2v) is 6.53. The number of amides is 1. The van der Waals surface area contributed by atoms with E-state index in [0.717, 1.165) is 0 Å². The minimum atomic E-state index is -3.97. The van der Waals surface area contributed by atoms with E-state index in [2.05, 4.69) is 5.32 Å². The van der Waals surface area contributed by atoms with Crippen molar-refractivity contribution >= 4 is 33.4 Å². The number of methoxy groups -OCH3 is 1. The molecule has 0 unspecified atom stereocenters. The number of nitrogens with two attached hydrogens (primary N) is 1. The lowest BCUT2D eigenvalue weighted by Crippen LogP contribution is -2.15. The minimum absolute atomic E-state index is 0.100. The lowest BCUT2D eigenvalue weighted by atomic mass is 10.3. The highest BCUT2D eigenvalue weighted by Crippen LogP contribution is 2.26. The van der Waals surface area contributed by atoms with Gasteiger partial charge in [-0.15, -0.1) is 0 Å². The van der Waals surface area contributed by atoms with Crippen LogP contribution in [-0.2, 0) is 10.0 Å². The molecular weight excluding hydrogens is 328 g/mol. The Morgan fingerprint density at radius 1 is 1.32 bits per heavy atom. The molecule has 9 heteroatoms. The highest BCUT2D eigenvalue weighted by atomic mass is 32.2. The van der Waals surface area contributed by atoms with Crippen LogP contribution in [0.1, 0.15) is 10.6 Å². The average Bonchev–Trinajstić information content (AvgIpc) is 2.95. The van der Waals surface area contributed by atoms with Crippen LogP contribution in [0.25, 0.3) is 0 Å². The molecule has 1 aromatic carbocycles. The molecule has 0 aliphatic carbocycles. The SMILES string of the molecule is COc1ccc(NC(=O)c2ccc(SC)o2)cc1S(N)(=O)=O. The van der Waals surface area contributed by atoms with Crippen LogP contribution in [0.3, 0.4) is 0 Å². The number of primary sulfonamides is 1. The number of carbonyl (C=O) groups excluding carboxylic acids is 1. The largest absolute Gasteiger partial charge is 0.495 e. The number of thioether (sulfide) groups is 1. The fraction of sp³-hybridized carbons (Fsp3) is 0.154. The Hall–Kier alpha value is -1.97. The number of anilines is 1. The number of sulfonamides is 1. The van der Waals surface area contributed by atoms with Crippen LogP contribution in [0.15, 0.2) is 44.7 Å². The van der Waals surface area contributed by atoms with E-state index in [1.165, 1.54) is 43.1 Å². The number of ether oxygens (including phenoxy) is 1. The number of hydrogen-bond donors (Lipinski definition) is 2. The summed E-state index contributed by atoms with van der Waals surface area (Å²) >= 11 is 1.37. The van der Waals surface area contributed by atoms with Crippen LogP contribution in [-0.4, -0.2) is 27.7 Å². The molecule has 1 amide bonds. The number of hydrogen-bond acceptors (Lipinski definition) is 6. The highest BCUT2D eigenvalue weighted by Gasteiger charge is 2.17. The van der Waals surface area contributed by atoms with Gasteiger partial charge in [-0.25, -0.2) is 13.6 Å². The molecule has 7 nitrogen and oxygen atoms in total. The van der Waals surface area contributed by atoms with Crippen molar-refractivity contribution in [3.63, 3.8) is 0 Å². The van der Waals surface area contributed by atoms with Crippen LogP contribution in [0.2, 0.25) is 0 Å². The molecule has 0 aliphatic heterocycles. The number of rotatable bonds is 5. The van der Waals surface area contributed by atoms with Gasteiger partial charge in [-0.05, 0) is 36.6 Å². The maximum Gasteiger partial charge on any atom is 0.291 e. The Morgan fingerprint density at radius 3 is 2.59 bits per heavy atom. The predicted molar refractivity (Wildman–Crippen MR) is 82.8 cm³/mol. The zero-order valence-electron chi connectivity index (χ0n) is 11.8. The quantitative estimate of drug-likeness (QED) is 0.803. The third kappa shape index (κ3) is 3.62. The van der Waals surface area contributed by atoms with Crippen molar-refractivity contribution in [2.75, 3.05) is 18.7 Å². The Kier molecular flexibility index (Phi) is 4.79. The molecule has 0 spiro atoms. The van der Waals surface area contributed by atoms with Crippen LogP contribution >= 0.6 is 11.8 Å². The van der Waals surface area contributed by atoms with Gasteiger partial charge in [0.25, 0.3) is 5.91 Å². The van der Waals surface area contributed by atoms with E-state index in [-0.39, 0.29) is 22.1 Å². The highest BCUT2D eigenvalue weighted by molar-refractivity contribution is 7.98. The van der Waals surface area contributed by atoms with E-state index < -0.39 is 15.9 Å². The lowest BCUT2D eigenvalue weighted by molar-refractivity contribution is 0.0992. The molecule has 0 saturated heterocycles. The molecule has 2 rings (SSSR count). The van der Waals surface area contributed by atoms with Crippen molar-refractivity contribution in [3.05, 3.63) is 36.1 Å². The molecule has 0 atom stereocenters. The van der Waals surface area contributed by atoms with Crippen LogP contribution in [0.4, 0.5) is 5.69 Å². The van der Waals surface area contributed by atoms with Gasteiger partial charge in [-0.1, -0.05) is 11.8 Å². The molecule has 2 aromatic rings. The number of nitrogens with one attached hydrogen (secondary N) is 1. The van der Waals surface area contributed by atoms with Gasteiger partial charge in [0.05, 0.1) is 7.11 Å². The Balaban J connectivity index is 2.28. The van der Waals surface area contributed by atoms with Gasteiger partial charge in [-0.3, -0.25) is 4.79 Å². The monoisotopic (exact) mass is 342 g/mol. The van der Waals surface area contributed by atoms with E-state index in [9.17, 15) is 13.2 Å². The summed E-state index contributed by atoms with van der Waals surface area (Å²) < 4.78 is 33.3. The van der Waals surface area contributed by atoms with Crippen molar-refractivity contribution in [1.29, 1.82) is 0 Å². The summed E-state index contributed by atoms with van der Waals surface area (Å²) in [7, 11) is -2.64. The minimum Gasteiger partial charge on any atom is -0.495 e. The van der Waals surface area contributed by atoms with Crippen molar-refractivity contribution in [2.24, 2.45) is 5.14 Å². The van der Waals surface area contributed by atoms with Crippen LogP contribution < -0.4 is 15.2 Å². The second-order valence-electron chi connectivity index (χ2n) is 4.19. The summed E-state index contributed by atoms with van der Waals surface area (Å²) in [6.07, 6.45) is 1.82. The molecular formula is C13H14N2O5S2. The third-order valence-corrected chi connectivity index (χ3v) is 4.29. The van der Waals surface area contributed by atoms with E-state index in [4.69, 9.17) is 14.3 Å². The Labute approximate surface area is 131 Å². The smallest absolute Gasteiger partial charge is 0.291 e. The van der Waals surface area contributed by atoms with Gasteiger partial charge in [0, 0.05) is 5.69 Å². The summed E-state index contributed by atoms with van der Waals surface area (Å²) in [5.41, 5.74) is 0.261. The van der Waals surface area contributed by atoms with E-state index in [0.29, 0.717) is 5.09 Å². The van der Waals surface area contributed by atoms with Crippen molar-refractivity contribution < 1.29 is 22.4 Å². The summed E-state index contributed by atoms with van der Waals surface area (Å²) in [5, 5.41) is 8.27. The molecule has 1 aromatic heterocycles. The van der Waals surface area contributed by atoms with Crippen molar-refractivity contribution in [1.82, 2.24) is 0 Å². The standard InChI is InChI=1S/C13H14N2O5S2/c1-19-9-4-3-8(7-11(9)22(14,17)18)15-13(16)10-5-6-12(20-10)21-2/h3-7H,1-2H3,(H,15,16)(H2,14,17,18). The van der Waals surface area contributed by atoms with Gasteiger partial charge in [0.2, 0.25) is 10.0 Å². The first kappa shape index (κ1) is 16.4. The normalized spacial score (nSPS) is 11.2. The zero-order chi connectivity index (χ0) is 16.3. The average molecular weight is 342 g/mol. The van der Waals surface area contributed by atoms with Crippen molar-refractivity contribution in [2.45, 2.75) is 9.99 Å². The predicted octanol–water partition coefficient (Wildman–Crippen LogP) is 1.91. The molecule has 3 N–H and O–H groups in total. The first-order chi connectivity index (χ1) is 10.3.